The number of rotatable bonds is 15. The van der Waals surface area contributed by atoms with Gasteiger partial charge >= 0.3 is 7.12 Å². The molecule has 3 fully saturated rings. The molecule has 0 unspecified atom stereocenters. The van der Waals surface area contributed by atoms with Crippen LogP contribution in [0.3, 0.4) is 0 Å². The zero-order valence-corrected chi connectivity index (χ0v) is 39.2. The molecule has 0 bridgehead atoms. The third-order valence-corrected chi connectivity index (χ3v) is 14.0. The van der Waals surface area contributed by atoms with E-state index in [4.69, 9.17) is 38.3 Å². The van der Waals surface area contributed by atoms with E-state index in [9.17, 15) is 0 Å². The van der Waals surface area contributed by atoms with Crippen LogP contribution >= 0.6 is 0 Å². The molecule has 340 valence electrons. The van der Waals surface area contributed by atoms with Gasteiger partial charge in [0.05, 0.1) is 46.8 Å². The van der Waals surface area contributed by atoms with E-state index in [-0.39, 0.29) is 23.4 Å². The fraction of sp³-hybridized carbons (Fsp3) is 0.434. The summed E-state index contributed by atoms with van der Waals surface area (Å²) >= 11 is 0. The Labute approximate surface area is 385 Å². The zero-order chi connectivity index (χ0) is 45.1. The van der Waals surface area contributed by atoms with Crippen LogP contribution in [0.4, 0.5) is 5.69 Å². The van der Waals surface area contributed by atoms with Crippen molar-refractivity contribution in [2.24, 2.45) is 7.05 Å². The van der Waals surface area contributed by atoms with E-state index in [1.807, 2.05) is 72.4 Å². The maximum absolute atomic E-state index is 6.62. The third kappa shape index (κ3) is 9.92. The first-order valence-corrected chi connectivity index (χ1v) is 23.5. The molecule has 6 aromatic rings. The van der Waals surface area contributed by atoms with Crippen molar-refractivity contribution in [3.8, 4) is 28.8 Å². The number of benzene rings is 4. The Morgan fingerprint density at radius 2 is 1.35 bits per heavy atom. The summed E-state index contributed by atoms with van der Waals surface area (Å²) in [6.07, 6.45) is 4.38. The predicted molar refractivity (Wildman–Crippen MR) is 258 cm³/mol. The molecule has 1 aliphatic carbocycles. The number of hydrogen-bond donors (Lipinski definition) is 0. The first kappa shape index (κ1) is 44.8. The summed E-state index contributed by atoms with van der Waals surface area (Å²) in [6.45, 7) is 18.1. The first-order chi connectivity index (χ1) is 31.4. The Hall–Kier alpha value is -5.40. The number of anilines is 1. The Balaban J connectivity index is 0.796. The molecule has 0 N–H and O–H groups in total. The maximum atomic E-state index is 6.62. The molecule has 9 rings (SSSR count). The van der Waals surface area contributed by atoms with Crippen molar-refractivity contribution in [1.82, 2.24) is 19.7 Å². The summed E-state index contributed by atoms with van der Waals surface area (Å²) in [5, 5.41) is 6.17. The second-order valence-electron chi connectivity index (χ2n) is 19.0. The number of pyridine rings is 1. The van der Waals surface area contributed by atoms with Crippen LogP contribution < -0.4 is 24.6 Å². The average molecular weight is 878 g/mol. The lowest BCUT2D eigenvalue weighted by molar-refractivity contribution is -0.0222. The van der Waals surface area contributed by atoms with Gasteiger partial charge in [-0.2, -0.15) is 10.1 Å². The van der Waals surface area contributed by atoms with Crippen molar-refractivity contribution < 1.29 is 28.3 Å². The number of hydrogen-bond acceptors (Lipinski definition) is 10. The van der Waals surface area contributed by atoms with E-state index < -0.39 is 7.12 Å². The summed E-state index contributed by atoms with van der Waals surface area (Å²) < 4.78 is 40.5. The first-order valence-electron chi connectivity index (χ1n) is 23.5. The molecule has 2 aliphatic heterocycles. The van der Waals surface area contributed by atoms with Gasteiger partial charge in [0.25, 0.3) is 0 Å². The van der Waals surface area contributed by atoms with Gasteiger partial charge in [0.2, 0.25) is 11.8 Å². The molecule has 4 heterocycles. The molecular formula is C53H64BN5O6. The Morgan fingerprint density at radius 1 is 0.723 bits per heavy atom. The predicted octanol–water partition coefficient (Wildman–Crippen LogP) is 9.32. The fourth-order valence-electron chi connectivity index (χ4n) is 9.29. The second-order valence-corrected chi connectivity index (χ2v) is 19.0. The Morgan fingerprint density at radius 3 is 2.03 bits per heavy atom. The highest BCUT2D eigenvalue weighted by atomic mass is 16.7. The van der Waals surface area contributed by atoms with Crippen molar-refractivity contribution in [2.75, 3.05) is 37.7 Å². The molecule has 0 amide bonds. The van der Waals surface area contributed by atoms with Crippen LogP contribution in [0.15, 0.2) is 109 Å². The quantitative estimate of drug-likeness (QED) is 0.0930. The summed E-state index contributed by atoms with van der Waals surface area (Å²) in [7, 11) is 1.63. The van der Waals surface area contributed by atoms with E-state index in [0.717, 1.165) is 109 Å². The van der Waals surface area contributed by atoms with Crippen LogP contribution in [0.1, 0.15) is 77.0 Å². The number of piperazine rings is 1. The van der Waals surface area contributed by atoms with Crippen molar-refractivity contribution in [3.05, 3.63) is 126 Å². The molecule has 12 heteroatoms. The normalized spacial score (nSPS) is 20.2. The Bertz CT molecular complexity index is 2520. The number of aromatic nitrogens is 3. The minimum Gasteiger partial charge on any atom is -0.490 e. The van der Waals surface area contributed by atoms with Crippen LogP contribution in [-0.4, -0.2) is 89.0 Å². The average Bonchev–Trinajstić information content (AvgIpc) is 3.77. The molecule has 0 spiro atoms. The molecule has 2 aromatic heterocycles. The second kappa shape index (κ2) is 19.2. The highest BCUT2D eigenvalue weighted by molar-refractivity contribution is 6.62. The summed E-state index contributed by atoms with van der Waals surface area (Å²) in [6, 6.07) is 37.3. The standard InChI is InChI=1S/C53H64BN5O6/c1-37(34-60-41-24-26-42(27-25-41)63-47-23-15-21-45(38(47)2)54-64-52(3,4)53(5,6)65-54)58-30-32-59(33-31-58)46-22-14-20-43-49(56-57(7)50(43)46)44-28-29-48(61-35-39-16-10-8-11-17-39)55-51(44)62-36-40-18-12-9-13-19-40/h8-23,28-29,37,41-42H,24-27,30-36H2,1-7H3/t37-,41?,42?/m1/s1. The van der Waals surface area contributed by atoms with Gasteiger partial charge in [-0.15, -0.1) is 0 Å². The van der Waals surface area contributed by atoms with Gasteiger partial charge in [0.1, 0.15) is 24.7 Å². The van der Waals surface area contributed by atoms with Gasteiger partial charge in [-0.05, 0) is 108 Å². The van der Waals surface area contributed by atoms with E-state index in [0.29, 0.717) is 31.0 Å². The molecule has 2 saturated heterocycles. The number of aryl methyl sites for hydroxylation is 1. The van der Waals surface area contributed by atoms with Gasteiger partial charge in [0, 0.05) is 50.7 Å². The van der Waals surface area contributed by atoms with Crippen molar-refractivity contribution in [3.63, 3.8) is 0 Å². The molecule has 65 heavy (non-hydrogen) atoms. The van der Waals surface area contributed by atoms with Crippen LogP contribution in [0.25, 0.3) is 22.2 Å². The van der Waals surface area contributed by atoms with Crippen LogP contribution in [0.2, 0.25) is 0 Å². The van der Waals surface area contributed by atoms with Gasteiger partial charge in [-0.3, -0.25) is 9.58 Å². The van der Waals surface area contributed by atoms with Gasteiger partial charge in [-0.25, -0.2) is 0 Å². The van der Waals surface area contributed by atoms with E-state index in [1.54, 1.807) is 0 Å². The molecule has 1 atom stereocenters. The van der Waals surface area contributed by atoms with Crippen molar-refractivity contribution in [2.45, 2.75) is 110 Å². The SMILES string of the molecule is Cc1c(OC2CCC(OC[C@@H](C)N3CCN(c4cccc5c(-c6ccc(OCc7ccccc7)nc6OCc6ccccc6)nn(C)c45)CC3)CC2)cccc1B1OC(C)(C)C(C)(C)O1. The minimum absolute atomic E-state index is 0.171. The Kier molecular flexibility index (Phi) is 13.2. The largest absolute Gasteiger partial charge is 0.495 e. The molecule has 4 aromatic carbocycles. The van der Waals surface area contributed by atoms with Crippen molar-refractivity contribution in [1.29, 1.82) is 0 Å². The van der Waals surface area contributed by atoms with E-state index in [1.165, 1.54) is 5.69 Å². The monoisotopic (exact) mass is 877 g/mol. The lowest BCUT2D eigenvalue weighted by atomic mass is 9.76. The fourth-order valence-corrected chi connectivity index (χ4v) is 9.29. The van der Waals surface area contributed by atoms with E-state index in [2.05, 4.69) is 99.9 Å². The number of ether oxygens (including phenoxy) is 4. The maximum Gasteiger partial charge on any atom is 0.495 e. The topological polar surface area (TPSA) is 92.6 Å². The smallest absolute Gasteiger partial charge is 0.490 e. The lowest BCUT2D eigenvalue weighted by Crippen LogP contribution is -2.51. The highest BCUT2D eigenvalue weighted by Crippen LogP contribution is 2.40. The highest BCUT2D eigenvalue weighted by Gasteiger charge is 2.52. The molecule has 1 saturated carbocycles. The third-order valence-electron chi connectivity index (χ3n) is 14.0. The molecular weight excluding hydrogens is 813 g/mol. The zero-order valence-electron chi connectivity index (χ0n) is 39.2. The number of fused-ring (bicyclic) bond motifs is 1. The van der Waals surface area contributed by atoms with Gasteiger partial charge in [0.15, 0.2) is 0 Å². The minimum atomic E-state index is -0.402. The van der Waals surface area contributed by atoms with Crippen LogP contribution in [0, 0.1) is 6.92 Å². The summed E-state index contributed by atoms with van der Waals surface area (Å²) in [5.41, 5.74) is 7.43. The molecule has 11 nitrogen and oxygen atoms in total. The van der Waals surface area contributed by atoms with Crippen LogP contribution in [0.5, 0.6) is 17.5 Å². The van der Waals surface area contributed by atoms with Gasteiger partial charge < -0.3 is 33.2 Å². The van der Waals surface area contributed by atoms with Crippen LogP contribution in [-0.2, 0) is 34.3 Å². The van der Waals surface area contributed by atoms with Crippen molar-refractivity contribution >= 4 is 29.2 Å². The lowest BCUT2D eigenvalue weighted by Gasteiger charge is -2.39. The summed E-state index contributed by atoms with van der Waals surface area (Å²) in [5.74, 6) is 1.91. The molecule has 0 radical (unpaired) electrons. The van der Waals surface area contributed by atoms with Gasteiger partial charge in [-0.1, -0.05) is 84.9 Å². The van der Waals surface area contributed by atoms with E-state index >= 15 is 0 Å². The number of nitrogens with zero attached hydrogens (tertiary/aromatic N) is 5. The summed E-state index contributed by atoms with van der Waals surface area (Å²) in [4.78, 5) is 9.95. The molecule has 3 aliphatic rings. The number of para-hydroxylation sites is 1.